The monoisotopic (exact) mass is 618 g/mol. The van der Waals surface area contributed by atoms with Crippen LogP contribution in [0.3, 0.4) is 0 Å². The van der Waals surface area contributed by atoms with E-state index in [0.717, 1.165) is 23.3 Å². The van der Waals surface area contributed by atoms with Crippen molar-refractivity contribution in [2.45, 2.75) is 36.2 Å². The lowest BCUT2D eigenvalue weighted by atomic mass is 10.0. The predicted molar refractivity (Wildman–Crippen MR) is 133 cm³/mol. The van der Waals surface area contributed by atoms with Gasteiger partial charge in [0.05, 0.1) is 0 Å². The Morgan fingerprint density at radius 1 is 1.38 bits per heavy atom. The van der Waals surface area contributed by atoms with Crippen molar-refractivity contribution in [1.29, 1.82) is 0 Å². The molecule has 0 amide bonds. The van der Waals surface area contributed by atoms with Crippen LogP contribution in [0.2, 0.25) is 0 Å². The smallest absolute Gasteiger partial charge is 0.333 e. The Balaban J connectivity index is 1.87. The molecule has 0 heterocycles. The van der Waals surface area contributed by atoms with Crippen molar-refractivity contribution in [2.75, 3.05) is 13.2 Å². The third kappa shape index (κ3) is 8.52. The highest BCUT2D eigenvalue weighted by atomic mass is 127. The highest BCUT2D eigenvalue weighted by molar-refractivity contribution is 14.1. The van der Waals surface area contributed by atoms with Crippen molar-refractivity contribution in [3.05, 3.63) is 63.3 Å². The molecule has 1 N–H and O–H groups in total. The minimum atomic E-state index is -0.948. The Bertz CT molecular complexity index is 859. The fourth-order valence-corrected chi connectivity index (χ4v) is 4.92. The van der Waals surface area contributed by atoms with Gasteiger partial charge in [-0.15, -0.1) is 0 Å². The predicted octanol–water partition coefficient (Wildman–Crippen LogP) is 5.50. The van der Waals surface area contributed by atoms with E-state index in [4.69, 9.17) is 14.6 Å². The van der Waals surface area contributed by atoms with Gasteiger partial charge in [-0.25, -0.2) is 4.79 Å². The second kappa shape index (κ2) is 11.8. The Morgan fingerprint density at radius 2 is 2.10 bits per heavy atom. The average Bonchev–Trinajstić information content (AvgIpc) is 2.67. The third-order valence-corrected chi connectivity index (χ3v) is 5.91. The topological polar surface area (TPSA) is 55.8 Å². The first-order valence-electron chi connectivity index (χ1n) is 9.30. The van der Waals surface area contributed by atoms with Crippen LogP contribution in [-0.4, -0.2) is 33.8 Å². The molecule has 0 saturated carbocycles. The molecule has 0 radical (unpaired) electrons. The Hall–Kier alpha value is -1.31. The zero-order valence-electron chi connectivity index (χ0n) is 16.5. The van der Waals surface area contributed by atoms with Crippen molar-refractivity contribution in [3.63, 3.8) is 0 Å². The van der Waals surface area contributed by atoms with Crippen LogP contribution in [0.4, 0.5) is 0 Å². The molecule has 1 unspecified atom stereocenters. The van der Waals surface area contributed by atoms with Crippen molar-refractivity contribution in [3.8, 4) is 17.6 Å². The van der Waals surface area contributed by atoms with Crippen LogP contribution in [0.1, 0.15) is 25.8 Å². The zero-order chi connectivity index (χ0) is 21.3. The van der Waals surface area contributed by atoms with Gasteiger partial charge in [-0.2, -0.15) is 0 Å². The number of alkyl halides is 1. The van der Waals surface area contributed by atoms with Crippen molar-refractivity contribution >= 4 is 51.2 Å². The molecule has 4 nitrogen and oxygen atoms in total. The number of carboxylic acid groups (broad SMARTS) is 1. The van der Waals surface area contributed by atoms with E-state index in [2.05, 4.69) is 75.3 Å². The van der Waals surface area contributed by atoms with Gasteiger partial charge in [-0.05, 0) is 69.4 Å². The second-order valence-corrected chi connectivity index (χ2v) is 9.90. The standard InChI is InChI=1S/C23H24I2O4/c1-3-28-21(22(26)27)15-18-6-8-20(9-7-18)29-14-11-17(2)10-13-23(25)12-4-5-19(24)16-23/h4-9,11-12,21H,3,14-16H2,1-2H3,(H,26,27)/t21-,23?/m0/s1. The van der Waals surface area contributed by atoms with E-state index < -0.39 is 12.1 Å². The summed E-state index contributed by atoms with van der Waals surface area (Å²) in [5, 5.41) is 9.17. The van der Waals surface area contributed by atoms with Crippen molar-refractivity contribution < 1.29 is 19.4 Å². The van der Waals surface area contributed by atoms with Gasteiger partial charge in [0, 0.05) is 19.4 Å². The molecule has 1 aromatic carbocycles. The molecule has 2 atom stereocenters. The third-order valence-electron chi connectivity index (χ3n) is 4.16. The number of benzene rings is 1. The number of halogens is 2. The molecule has 29 heavy (non-hydrogen) atoms. The highest BCUT2D eigenvalue weighted by Crippen LogP contribution is 2.34. The lowest BCUT2D eigenvalue weighted by Crippen LogP contribution is -2.26. The molecule has 1 aliphatic carbocycles. The molecular weight excluding hydrogens is 594 g/mol. The fourth-order valence-electron chi connectivity index (χ4n) is 2.63. The second-order valence-electron chi connectivity index (χ2n) is 6.59. The minimum Gasteiger partial charge on any atom is -0.490 e. The zero-order valence-corrected chi connectivity index (χ0v) is 20.8. The van der Waals surface area contributed by atoms with E-state index >= 15 is 0 Å². The van der Waals surface area contributed by atoms with Gasteiger partial charge in [0.1, 0.15) is 15.8 Å². The Kier molecular flexibility index (Phi) is 9.72. The molecule has 0 aromatic heterocycles. The molecule has 154 valence electrons. The van der Waals surface area contributed by atoms with E-state index in [9.17, 15) is 4.79 Å². The van der Waals surface area contributed by atoms with Crippen LogP contribution in [0.15, 0.2) is 57.7 Å². The molecule has 2 rings (SSSR count). The Morgan fingerprint density at radius 3 is 2.72 bits per heavy atom. The molecule has 1 aromatic rings. The number of carbonyl (C=O) groups is 1. The van der Waals surface area contributed by atoms with Crippen LogP contribution >= 0.6 is 45.2 Å². The lowest BCUT2D eigenvalue weighted by molar-refractivity contribution is -0.149. The maximum absolute atomic E-state index is 11.2. The van der Waals surface area contributed by atoms with Crippen LogP contribution in [0, 0.1) is 11.8 Å². The number of hydrogen-bond acceptors (Lipinski definition) is 3. The summed E-state index contributed by atoms with van der Waals surface area (Å²) in [5.74, 6) is 6.35. The molecule has 0 fully saturated rings. The van der Waals surface area contributed by atoms with Gasteiger partial charge in [0.15, 0.2) is 6.10 Å². The summed E-state index contributed by atoms with van der Waals surface area (Å²) in [5.41, 5.74) is 1.86. The number of hydrogen-bond donors (Lipinski definition) is 1. The molecule has 6 heteroatoms. The van der Waals surface area contributed by atoms with Gasteiger partial charge in [-0.3, -0.25) is 0 Å². The summed E-state index contributed by atoms with van der Waals surface area (Å²) < 4.78 is 12.2. The first-order valence-corrected chi connectivity index (χ1v) is 11.5. The van der Waals surface area contributed by atoms with E-state index in [1.807, 2.05) is 37.3 Å². The SMILES string of the molecule is CCO[C@@H](Cc1ccc(OCC=C(C)C#CC2(I)C=CC=C(I)C2)cc1)C(=O)O. The number of allylic oxidation sites excluding steroid dienone is 5. The number of rotatable bonds is 8. The van der Waals surface area contributed by atoms with Gasteiger partial charge >= 0.3 is 5.97 Å². The van der Waals surface area contributed by atoms with Crippen molar-refractivity contribution in [2.24, 2.45) is 0 Å². The molecule has 0 spiro atoms. The Labute approximate surface area is 199 Å². The average molecular weight is 618 g/mol. The molecular formula is C23H24I2O4. The lowest BCUT2D eigenvalue weighted by Gasteiger charge is -2.19. The summed E-state index contributed by atoms with van der Waals surface area (Å²) in [6.07, 6.45) is 8.71. The van der Waals surface area contributed by atoms with Crippen LogP contribution in [0.5, 0.6) is 5.75 Å². The molecule has 0 saturated heterocycles. The van der Waals surface area contributed by atoms with Gasteiger partial charge in [-0.1, -0.05) is 64.8 Å². The van der Waals surface area contributed by atoms with E-state index in [1.54, 1.807) is 6.92 Å². The minimum absolute atomic E-state index is 0.149. The van der Waals surface area contributed by atoms with E-state index in [1.165, 1.54) is 3.58 Å². The van der Waals surface area contributed by atoms with E-state index in [0.29, 0.717) is 19.6 Å². The first kappa shape index (κ1) is 24.0. The number of carboxylic acids is 1. The van der Waals surface area contributed by atoms with Gasteiger partial charge in [0.2, 0.25) is 0 Å². The summed E-state index contributed by atoms with van der Waals surface area (Å²) in [4.78, 5) is 11.2. The first-order chi connectivity index (χ1) is 13.8. The van der Waals surface area contributed by atoms with Crippen LogP contribution in [0.25, 0.3) is 0 Å². The summed E-state index contributed by atoms with van der Waals surface area (Å²) in [6.45, 7) is 4.57. The quantitative estimate of drug-likeness (QED) is 0.238. The number of ether oxygens (including phenoxy) is 2. The fraction of sp³-hybridized carbons (Fsp3) is 0.348. The van der Waals surface area contributed by atoms with Crippen LogP contribution in [-0.2, 0) is 16.0 Å². The molecule has 1 aliphatic rings. The maximum Gasteiger partial charge on any atom is 0.333 e. The highest BCUT2D eigenvalue weighted by Gasteiger charge is 2.23. The summed E-state index contributed by atoms with van der Waals surface area (Å²) in [6, 6.07) is 7.42. The van der Waals surface area contributed by atoms with Gasteiger partial charge in [0.25, 0.3) is 0 Å². The number of aliphatic carboxylic acids is 1. The molecule has 0 aliphatic heterocycles. The van der Waals surface area contributed by atoms with Crippen LogP contribution < -0.4 is 4.74 Å². The maximum atomic E-state index is 11.2. The van der Waals surface area contributed by atoms with Gasteiger partial charge < -0.3 is 14.6 Å². The normalized spacial score (nSPS) is 19.7. The van der Waals surface area contributed by atoms with Crippen molar-refractivity contribution in [1.82, 2.24) is 0 Å². The van der Waals surface area contributed by atoms with E-state index in [-0.39, 0.29) is 3.42 Å². The largest absolute Gasteiger partial charge is 0.490 e. The molecule has 0 bridgehead atoms. The summed E-state index contributed by atoms with van der Waals surface area (Å²) in [7, 11) is 0. The summed E-state index contributed by atoms with van der Waals surface area (Å²) >= 11 is 4.75.